The Morgan fingerprint density at radius 3 is 1.84 bits per heavy atom. The third kappa shape index (κ3) is 4.21. The molecule has 0 unspecified atom stereocenters. The quantitative estimate of drug-likeness (QED) is 0.744. The van der Waals surface area contributed by atoms with Gasteiger partial charge < -0.3 is 9.47 Å². The zero-order valence-electron chi connectivity index (χ0n) is 13.8. The van der Waals surface area contributed by atoms with Crippen LogP contribution in [0.5, 0.6) is 11.5 Å². The minimum absolute atomic E-state index is 0.0166. The van der Waals surface area contributed by atoms with Crippen molar-refractivity contribution in [3.63, 3.8) is 0 Å². The predicted octanol–water partition coefficient (Wildman–Crippen LogP) is 1.41. The molecule has 2 aromatic carbocycles. The minimum atomic E-state index is -3.88. The average Bonchev–Trinajstić information content (AvgIpc) is 2.61. The van der Waals surface area contributed by atoms with Gasteiger partial charge in [-0.2, -0.15) is 0 Å². The Balaban J connectivity index is 2.30. The van der Waals surface area contributed by atoms with Gasteiger partial charge in [0.05, 0.1) is 24.0 Å². The van der Waals surface area contributed by atoms with Crippen molar-refractivity contribution in [3.8, 4) is 11.5 Å². The average molecular weight is 386 g/mol. The third-order valence-electron chi connectivity index (χ3n) is 3.35. The first kappa shape index (κ1) is 19.0. The van der Waals surface area contributed by atoms with E-state index in [4.69, 9.17) is 9.47 Å². The molecule has 2 rings (SSSR count). The standard InChI is InChI=1S/C15H18N2O6S2/c1-16-24(18,19)12-6-4-11(5-7-12)17-25(20,21)13-8-9-14(22-2)15(10-13)23-3/h4-10,16-17H,1-3H3. The van der Waals surface area contributed by atoms with Crippen LogP contribution in [0.25, 0.3) is 0 Å². The molecule has 0 saturated heterocycles. The number of benzene rings is 2. The lowest BCUT2D eigenvalue weighted by Gasteiger charge is -2.12. The molecule has 0 amide bonds. The zero-order chi connectivity index (χ0) is 18.7. The molecule has 0 aliphatic carbocycles. The highest BCUT2D eigenvalue weighted by molar-refractivity contribution is 7.92. The second-order valence-corrected chi connectivity index (χ2v) is 8.42. The molecule has 0 radical (unpaired) electrons. The van der Waals surface area contributed by atoms with Gasteiger partial charge in [-0.3, -0.25) is 4.72 Å². The second-order valence-electron chi connectivity index (χ2n) is 4.85. The Hall–Kier alpha value is -2.30. The van der Waals surface area contributed by atoms with Gasteiger partial charge in [0.15, 0.2) is 11.5 Å². The maximum Gasteiger partial charge on any atom is 0.262 e. The summed E-state index contributed by atoms with van der Waals surface area (Å²) in [5.74, 6) is 0.684. The van der Waals surface area contributed by atoms with Gasteiger partial charge in [-0.1, -0.05) is 0 Å². The molecule has 8 nitrogen and oxygen atoms in total. The molecular weight excluding hydrogens is 368 g/mol. The number of anilines is 1. The Morgan fingerprint density at radius 2 is 1.32 bits per heavy atom. The summed E-state index contributed by atoms with van der Waals surface area (Å²) in [5.41, 5.74) is 0.227. The van der Waals surface area contributed by atoms with Crippen molar-refractivity contribution in [2.24, 2.45) is 0 Å². The Bertz CT molecular complexity index is 954. The predicted molar refractivity (Wildman–Crippen MR) is 93.0 cm³/mol. The molecule has 25 heavy (non-hydrogen) atoms. The number of nitrogens with one attached hydrogen (secondary N) is 2. The maximum absolute atomic E-state index is 12.5. The Labute approximate surface area is 146 Å². The number of hydrogen-bond donors (Lipinski definition) is 2. The third-order valence-corrected chi connectivity index (χ3v) is 6.16. The van der Waals surface area contributed by atoms with Crippen LogP contribution in [-0.2, 0) is 20.0 Å². The summed E-state index contributed by atoms with van der Waals surface area (Å²) >= 11 is 0. The fraction of sp³-hybridized carbons (Fsp3) is 0.200. The van der Waals surface area contributed by atoms with E-state index < -0.39 is 20.0 Å². The van der Waals surface area contributed by atoms with Gasteiger partial charge in [0, 0.05) is 11.8 Å². The van der Waals surface area contributed by atoms with E-state index >= 15 is 0 Å². The summed E-state index contributed by atoms with van der Waals surface area (Å²) in [4.78, 5) is 0.0149. The van der Waals surface area contributed by atoms with Gasteiger partial charge in [0.2, 0.25) is 10.0 Å². The van der Waals surface area contributed by atoms with Crippen LogP contribution in [0, 0.1) is 0 Å². The van der Waals surface area contributed by atoms with Crippen molar-refractivity contribution in [2.75, 3.05) is 26.0 Å². The number of ether oxygens (including phenoxy) is 2. The van der Waals surface area contributed by atoms with Crippen LogP contribution in [0.4, 0.5) is 5.69 Å². The van der Waals surface area contributed by atoms with Crippen LogP contribution in [0.1, 0.15) is 0 Å². The smallest absolute Gasteiger partial charge is 0.262 e. The SMILES string of the molecule is CNS(=O)(=O)c1ccc(NS(=O)(=O)c2ccc(OC)c(OC)c2)cc1. The van der Waals surface area contributed by atoms with Crippen LogP contribution in [0.15, 0.2) is 52.3 Å². The number of rotatable bonds is 7. The molecule has 0 aliphatic heterocycles. The summed E-state index contributed by atoms with van der Waals surface area (Å²) < 4.78 is 63.0. The molecule has 2 aromatic rings. The maximum atomic E-state index is 12.5. The van der Waals surface area contributed by atoms with Gasteiger partial charge in [-0.15, -0.1) is 0 Å². The summed E-state index contributed by atoms with van der Waals surface area (Å²) in [7, 11) is -3.31. The molecular formula is C15H18N2O6S2. The lowest BCUT2D eigenvalue weighted by atomic mass is 10.3. The van der Waals surface area contributed by atoms with Gasteiger partial charge in [-0.05, 0) is 43.4 Å². The van der Waals surface area contributed by atoms with E-state index in [1.165, 1.54) is 63.7 Å². The Kier molecular flexibility index (Phi) is 5.55. The first-order valence-electron chi connectivity index (χ1n) is 7.02. The summed E-state index contributed by atoms with van der Waals surface area (Å²) in [6.45, 7) is 0. The zero-order valence-corrected chi connectivity index (χ0v) is 15.4. The van der Waals surface area contributed by atoms with E-state index in [1.54, 1.807) is 0 Å². The van der Waals surface area contributed by atoms with Crippen LogP contribution in [0.2, 0.25) is 0 Å². The van der Waals surface area contributed by atoms with Crippen LogP contribution >= 0.6 is 0 Å². The fourth-order valence-electron chi connectivity index (χ4n) is 2.02. The first-order chi connectivity index (χ1) is 11.7. The first-order valence-corrected chi connectivity index (χ1v) is 9.98. The number of methoxy groups -OCH3 is 2. The lowest BCUT2D eigenvalue weighted by molar-refractivity contribution is 0.354. The normalized spacial score (nSPS) is 11.8. The highest BCUT2D eigenvalue weighted by atomic mass is 32.2. The van der Waals surface area contributed by atoms with E-state index in [0.29, 0.717) is 5.75 Å². The molecule has 0 bridgehead atoms. The van der Waals surface area contributed by atoms with E-state index in [1.807, 2.05) is 0 Å². The fourth-order valence-corrected chi connectivity index (χ4v) is 3.82. The molecule has 0 saturated carbocycles. The van der Waals surface area contributed by atoms with E-state index in [-0.39, 0.29) is 21.2 Å². The number of hydrogen-bond acceptors (Lipinski definition) is 6. The minimum Gasteiger partial charge on any atom is -0.493 e. The Morgan fingerprint density at radius 1 is 0.760 bits per heavy atom. The summed E-state index contributed by atoms with van der Waals surface area (Å²) in [6, 6.07) is 9.53. The van der Waals surface area contributed by atoms with Crippen molar-refractivity contribution < 1.29 is 26.3 Å². The van der Waals surface area contributed by atoms with E-state index in [2.05, 4.69) is 9.44 Å². The van der Waals surface area contributed by atoms with Crippen molar-refractivity contribution in [1.82, 2.24) is 4.72 Å². The topological polar surface area (TPSA) is 111 Å². The monoisotopic (exact) mass is 386 g/mol. The highest BCUT2D eigenvalue weighted by Crippen LogP contribution is 2.30. The van der Waals surface area contributed by atoms with Crippen molar-refractivity contribution >= 4 is 25.7 Å². The van der Waals surface area contributed by atoms with Crippen LogP contribution in [-0.4, -0.2) is 38.1 Å². The molecule has 0 fully saturated rings. The van der Waals surface area contributed by atoms with Crippen molar-refractivity contribution in [3.05, 3.63) is 42.5 Å². The highest BCUT2D eigenvalue weighted by Gasteiger charge is 2.18. The van der Waals surface area contributed by atoms with Gasteiger partial charge in [0.25, 0.3) is 10.0 Å². The molecule has 0 spiro atoms. The van der Waals surface area contributed by atoms with Crippen LogP contribution in [0.3, 0.4) is 0 Å². The molecule has 2 N–H and O–H groups in total. The van der Waals surface area contributed by atoms with E-state index in [0.717, 1.165) is 0 Å². The van der Waals surface area contributed by atoms with Gasteiger partial charge in [0.1, 0.15) is 0 Å². The number of sulfonamides is 2. The molecule has 0 heterocycles. The molecule has 0 aliphatic rings. The molecule has 136 valence electrons. The second kappa shape index (κ2) is 7.30. The summed E-state index contributed by atoms with van der Waals surface area (Å²) in [6.07, 6.45) is 0. The van der Waals surface area contributed by atoms with Crippen LogP contribution < -0.4 is 18.9 Å². The summed E-state index contributed by atoms with van der Waals surface area (Å²) in [5, 5.41) is 0. The van der Waals surface area contributed by atoms with Gasteiger partial charge in [-0.25, -0.2) is 21.6 Å². The van der Waals surface area contributed by atoms with Crippen molar-refractivity contribution in [2.45, 2.75) is 9.79 Å². The lowest BCUT2D eigenvalue weighted by Crippen LogP contribution is -2.18. The van der Waals surface area contributed by atoms with E-state index in [9.17, 15) is 16.8 Å². The molecule has 0 aromatic heterocycles. The van der Waals surface area contributed by atoms with Crippen molar-refractivity contribution in [1.29, 1.82) is 0 Å². The van der Waals surface area contributed by atoms with Gasteiger partial charge >= 0.3 is 0 Å². The molecule has 10 heteroatoms. The molecule has 0 atom stereocenters. The largest absolute Gasteiger partial charge is 0.493 e.